The van der Waals surface area contributed by atoms with Crippen LogP contribution in [0.2, 0.25) is 0 Å². The summed E-state index contributed by atoms with van der Waals surface area (Å²) in [5.74, 6) is -0.149. The highest BCUT2D eigenvalue weighted by atomic mass is 16.5. The van der Waals surface area contributed by atoms with Gasteiger partial charge < -0.3 is 15.8 Å². The van der Waals surface area contributed by atoms with Gasteiger partial charge in [0.1, 0.15) is 5.60 Å². The SMILES string of the molecule is CCC(C)(OC)C(=O)Nc1c(C)ccc(N)c1C. The zero-order valence-corrected chi connectivity index (χ0v) is 11.8. The van der Waals surface area contributed by atoms with Gasteiger partial charge in [-0.1, -0.05) is 13.0 Å². The van der Waals surface area contributed by atoms with Crippen LogP contribution in [0.1, 0.15) is 31.4 Å². The number of rotatable bonds is 4. The van der Waals surface area contributed by atoms with Crippen LogP contribution in [0.3, 0.4) is 0 Å². The van der Waals surface area contributed by atoms with Gasteiger partial charge in [-0.05, 0) is 44.4 Å². The number of benzene rings is 1. The predicted molar refractivity (Wildman–Crippen MR) is 74.7 cm³/mol. The molecule has 0 aliphatic carbocycles. The minimum Gasteiger partial charge on any atom is -0.398 e. The topological polar surface area (TPSA) is 64.3 Å². The fourth-order valence-corrected chi connectivity index (χ4v) is 1.70. The maximum absolute atomic E-state index is 12.2. The first-order chi connectivity index (χ1) is 8.35. The predicted octanol–water partition coefficient (Wildman–Crippen LogP) is 2.64. The van der Waals surface area contributed by atoms with Crippen molar-refractivity contribution in [2.24, 2.45) is 0 Å². The number of nitrogens with two attached hydrogens (primary N) is 1. The van der Waals surface area contributed by atoms with Crippen molar-refractivity contribution in [3.05, 3.63) is 23.3 Å². The van der Waals surface area contributed by atoms with Crippen LogP contribution >= 0.6 is 0 Å². The molecule has 0 saturated carbocycles. The Hall–Kier alpha value is -1.55. The van der Waals surface area contributed by atoms with E-state index in [0.29, 0.717) is 12.1 Å². The van der Waals surface area contributed by atoms with Gasteiger partial charge in [0.2, 0.25) is 0 Å². The number of ether oxygens (including phenoxy) is 1. The van der Waals surface area contributed by atoms with Gasteiger partial charge in [0.05, 0.1) is 0 Å². The lowest BCUT2D eigenvalue weighted by molar-refractivity contribution is -0.136. The van der Waals surface area contributed by atoms with Gasteiger partial charge in [0.25, 0.3) is 5.91 Å². The van der Waals surface area contributed by atoms with Gasteiger partial charge in [-0.15, -0.1) is 0 Å². The zero-order valence-electron chi connectivity index (χ0n) is 11.8. The Kier molecular flexibility index (Phi) is 4.35. The monoisotopic (exact) mass is 250 g/mol. The van der Waals surface area contributed by atoms with E-state index in [-0.39, 0.29) is 5.91 Å². The molecule has 0 fully saturated rings. The number of nitrogens with one attached hydrogen (secondary N) is 1. The van der Waals surface area contributed by atoms with E-state index in [1.807, 2.05) is 32.9 Å². The fraction of sp³-hybridized carbons (Fsp3) is 0.500. The summed E-state index contributed by atoms with van der Waals surface area (Å²) in [6, 6.07) is 3.74. The molecule has 0 heterocycles. The van der Waals surface area contributed by atoms with Crippen molar-refractivity contribution >= 4 is 17.3 Å². The summed E-state index contributed by atoms with van der Waals surface area (Å²) in [5, 5.41) is 2.92. The molecule has 4 heteroatoms. The number of methoxy groups -OCH3 is 1. The molecule has 1 aromatic carbocycles. The maximum Gasteiger partial charge on any atom is 0.256 e. The van der Waals surface area contributed by atoms with Crippen molar-refractivity contribution in [3.63, 3.8) is 0 Å². The number of amides is 1. The highest BCUT2D eigenvalue weighted by molar-refractivity contribution is 5.98. The van der Waals surface area contributed by atoms with E-state index < -0.39 is 5.60 Å². The zero-order chi connectivity index (χ0) is 13.9. The van der Waals surface area contributed by atoms with E-state index >= 15 is 0 Å². The summed E-state index contributed by atoms with van der Waals surface area (Å²) in [6.45, 7) is 7.54. The third-order valence-electron chi connectivity index (χ3n) is 3.56. The van der Waals surface area contributed by atoms with Crippen molar-refractivity contribution in [2.45, 2.75) is 39.7 Å². The van der Waals surface area contributed by atoms with Gasteiger partial charge in [0, 0.05) is 18.5 Å². The van der Waals surface area contributed by atoms with Gasteiger partial charge >= 0.3 is 0 Å². The average Bonchev–Trinajstić information content (AvgIpc) is 2.37. The van der Waals surface area contributed by atoms with E-state index in [1.165, 1.54) is 0 Å². The standard InChI is InChI=1S/C14H22N2O2/c1-6-14(4,18-5)13(17)16-12-9(2)7-8-11(15)10(12)3/h7-8H,6,15H2,1-5H3,(H,16,17). The smallest absolute Gasteiger partial charge is 0.256 e. The second kappa shape index (κ2) is 5.40. The second-order valence-corrected chi connectivity index (χ2v) is 4.71. The molecule has 0 spiro atoms. The molecular weight excluding hydrogens is 228 g/mol. The summed E-state index contributed by atoms with van der Waals surface area (Å²) in [5.41, 5.74) is 8.37. The quantitative estimate of drug-likeness (QED) is 0.807. The van der Waals surface area contributed by atoms with Crippen LogP contribution in [0.4, 0.5) is 11.4 Å². The molecule has 4 nitrogen and oxygen atoms in total. The molecule has 18 heavy (non-hydrogen) atoms. The minimum atomic E-state index is -0.816. The van der Waals surface area contributed by atoms with Crippen LogP contribution < -0.4 is 11.1 Å². The molecule has 0 radical (unpaired) electrons. The van der Waals surface area contributed by atoms with Gasteiger partial charge in [-0.2, -0.15) is 0 Å². The molecule has 1 aromatic rings. The van der Waals surface area contributed by atoms with E-state index in [4.69, 9.17) is 10.5 Å². The van der Waals surface area contributed by atoms with Gasteiger partial charge in [0.15, 0.2) is 0 Å². The summed E-state index contributed by atoms with van der Waals surface area (Å²) in [7, 11) is 1.54. The Morgan fingerprint density at radius 1 is 1.44 bits per heavy atom. The maximum atomic E-state index is 12.2. The van der Waals surface area contributed by atoms with Crippen LogP contribution in [0, 0.1) is 13.8 Å². The molecule has 0 aliphatic rings. The van der Waals surface area contributed by atoms with Crippen molar-refractivity contribution in [1.82, 2.24) is 0 Å². The summed E-state index contributed by atoms with van der Waals surface area (Å²) >= 11 is 0. The molecular formula is C14H22N2O2. The average molecular weight is 250 g/mol. The first-order valence-corrected chi connectivity index (χ1v) is 6.08. The van der Waals surface area contributed by atoms with Crippen LogP contribution in [0.25, 0.3) is 0 Å². The Bertz CT molecular complexity index is 451. The molecule has 0 bridgehead atoms. The molecule has 1 rings (SSSR count). The lowest BCUT2D eigenvalue weighted by atomic mass is 10.0. The van der Waals surface area contributed by atoms with Crippen molar-refractivity contribution < 1.29 is 9.53 Å². The second-order valence-electron chi connectivity index (χ2n) is 4.71. The number of anilines is 2. The number of carbonyl (C=O) groups is 1. The van der Waals surface area contributed by atoms with Crippen LogP contribution in [-0.2, 0) is 9.53 Å². The van der Waals surface area contributed by atoms with Gasteiger partial charge in [-0.3, -0.25) is 4.79 Å². The summed E-state index contributed by atoms with van der Waals surface area (Å²) in [6.07, 6.45) is 0.607. The summed E-state index contributed by atoms with van der Waals surface area (Å²) < 4.78 is 5.29. The number of carbonyl (C=O) groups excluding carboxylic acids is 1. The fourth-order valence-electron chi connectivity index (χ4n) is 1.70. The Balaban J connectivity index is 3.06. The third kappa shape index (κ3) is 2.64. The molecule has 0 aliphatic heterocycles. The van der Waals surface area contributed by atoms with Crippen molar-refractivity contribution in [2.75, 3.05) is 18.2 Å². The van der Waals surface area contributed by atoms with Crippen molar-refractivity contribution in [1.29, 1.82) is 0 Å². The third-order valence-corrected chi connectivity index (χ3v) is 3.56. The van der Waals surface area contributed by atoms with Crippen molar-refractivity contribution in [3.8, 4) is 0 Å². The Morgan fingerprint density at radius 3 is 2.56 bits per heavy atom. The Labute approximate surface area is 109 Å². The van der Waals surface area contributed by atoms with E-state index in [2.05, 4.69) is 5.32 Å². The van der Waals surface area contributed by atoms with Crippen LogP contribution in [-0.4, -0.2) is 18.6 Å². The molecule has 1 unspecified atom stereocenters. The van der Waals surface area contributed by atoms with Crippen LogP contribution in [0.5, 0.6) is 0 Å². The highest BCUT2D eigenvalue weighted by Crippen LogP contribution is 2.27. The number of hydrogen-bond acceptors (Lipinski definition) is 3. The highest BCUT2D eigenvalue weighted by Gasteiger charge is 2.31. The van der Waals surface area contributed by atoms with E-state index in [9.17, 15) is 4.79 Å². The lowest BCUT2D eigenvalue weighted by Crippen LogP contribution is -2.41. The lowest BCUT2D eigenvalue weighted by Gasteiger charge is -2.26. The van der Waals surface area contributed by atoms with E-state index in [1.54, 1.807) is 14.0 Å². The molecule has 0 aromatic heterocycles. The number of hydrogen-bond donors (Lipinski definition) is 2. The van der Waals surface area contributed by atoms with E-state index in [0.717, 1.165) is 16.8 Å². The first-order valence-electron chi connectivity index (χ1n) is 6.08. The Morgan fingerprint density at radius 2 is 2.06 bits per heavy atom. The largest absolute Gasteiger partial charge is 0.398 e. The van der Waals surface area contributed by atoms with Crippen LogP contribution in [0.15, 0.2) is 12.1 Å². The minimum absolute atomic E-state index is 0.149. The first kappa shape index (κ1) is 14.5. The summed E-state index contributed by atoms with van der Waals surface area (Å²) in [4.78, 5) is 12.2. The molecule has 100 valence electrons. The normalized spacial score (nSPS) is 14.1. The molecule has 0 saturated heterocycles. The molecule has 3 N–H and O–H groups in total. The number of aryl methyl sites for hydroxylation is 1. The molecule has 1 atom stereocenters. The number of nitrogen functional groups attached to an aromatic ring is 1. The van der Waals surface area contributed by atoms with Gasteiger partial charge in [-0.25, -0.2) is 0 Å². The molecule has 1 amide bonds.